The Balaban J connectivity index is 1.24. The van der Waals surface area contributed by atoms with Crippen molar-refractivity contribution in [3.05, 3.63) is 59.2 Å². The Morgan fingerprint density at radius 3 is 2.70 bits per heavy atom. The summed E-state index contributed by atoms with van der Waals surface area (Å²) in [6.45, 7) is 4.32. The highest BCUT2D eigenvalue weighted by atomic mass is 32.1. The number of benzene rings is 2. The quantitative estimate of drug-likeness (QED) is 0.286. The number of rotatable bonds is 5. The standard InChI is InChI=1S/C27H25FN2O6S/c1-14-10-17(22-11-16-6-7-18(28)12-23(16)37-22)8-9-30(14)24-13-19-20(29-24)4-3-5-21(19)34-27(15(2)31)35-25(32)26(33)36-27/h3-7,11-15,17,29,31H,8-10H2,1-2H3/t14-,15+,17+/m1/s1. The van der Waals surface area contributed by atoms with Crippen LogP contribution in [0, 0.1) is 5.82 Å². The fraction of sp³-hybridized carbons (Fsp3) is 0.333. The molecule has 37 heavy (non-hydrogen) atoms. The molecule has 2 aliphatic rings. The summed E-state index contributed by atoms with van der Waals surface area (Å²) in [5.74, 6) is -3.29. The molecule has 0 bridgehead atoms. The third kappa shape index (κ3) is 4.10. The van der Waals surface area contributed by atoms with E-state index < -0.39 is 24.0 Å². The number of aliphatic hydroxyl groups is 1. The number of carbonyl (C=O) groups excluding carboxylic acids is 2. The van der Waals surface area contributed by atoms with Gasteiger partial charge in [0.05, 0.1) is 5.52 Å². The summed E-state index contributed by atoms with van der Waals surface area (Å²) in [5.41, 5.74) is 0.782. The van der Waals surface area contributed by atoms with Crippen molar-refractivity contribution in [2.24, 2.45) is 0 Å². The van der Waals surface area contributed by atoms with E-state index in [0.717, 1.165) is 40.8 Å². The Labute approximate surface area is 215 Å². The van der Waals surface area contributed by atoms with Gasteiger partial charge in [-0.15, -0.1) is 11.3 Å². The molecule has 2 aromatic heterocycles. The zero-order chi connectivity index (χ0) is 25.9. The Kier molecular flexibility index (Phi) is 5.61. The second kappa shape index (κ2) is 8.74. The van der Waals surface area contributed by atoms with Crippen LogP contribution in [0.25, 0.3) is 21.0 Å². The van der Waals surface area contributed by atoms with Crippen molar-refractivity contribution < 1.29 is 33.3 Å². The van der Waals surface area contributed by atoms with Gasteiger partial charge in [-0.25, -0.2) is 14.0 Å². The number of thiophene rings is 1. The molecule has 0 spiro atoms. The van der Waals surface area contributed by atoms with Gasteiger partial charge < -0.3 is 29.2 Å². The predicted molar refractivity (Wildman–Crippen MR) is 136 cm³/mol. The molecule has 3 atom stereocenters. The Morgan fingerprint density at radius 1 is 1.19 bits per heavy atom. The van der Waals surface area contributed by atoms with Gasteiger partial charge in [-0.1, -0.05) is 12.1 Å². The smallest absolute Gasteiger partial charge is 0.418 e. The molecule has 0 radical (unpaired) electrons. The van der Waals surface area contributed by atoms with Gasteiger partial charge in [-0.05, 0) is 74.4 Å². The number of aromatic amines is 1. The minimum Gasteiger partial charge on any atom is -0.418 e. The summed E-state index contributed by atoms with van der Waals surface area (Å²) in [7, 11) is 0. The highest BCUT2D eigenvalue weighted by Crippen LogP contribution is 2.41. The second-order valence-electron chi connectivity index (χ2n) is 9.63. The largest absolute Gasteiger partial charge is 0.449 e. The van der Waals surface area contributed by atoms with Crippen LogP contribution in [0.3, 0.4) is 0 Å². The van der Waals surface area contributed by atoms with Crippen LogP contribution >= 0.6 is 11.3 Å². The number of carbonyl (C=O) groups is 2. The van der Waals surface area contributed by atoms with Gasteiger partial charge in [0.25, 0.3) is 0 Å². The third-order valence-corrected chi connectivity index (χ3v) is 8.36. The van der Waals surface area contributed by atoms with Crippen molar-refractivity contribution in [3.8, 4) is 5.75 Å². The summed E-state index contributed by atoms with van der Waals surface area (Å²) < 4.78 is 30.4. The molecule has 0 aliphatic carbocycles. The van der Waals surface area contributed by atoms with Gasteiger partial charge in [0.2, 0.25) is 0 Å². The van der Waals surface area contributed by atoms with E-state index in [9.17, 15) is 19.1 Å². The van der Waals surface area contributed by atoms with E-state index in [0.29, 0.717) is 17.1 Å². The first-order valence-electron chi connectivity index (χ1n) is 12.1. The van der Waals surface area contributed by atoms with Crippen molar-refractivity contribution in [2.75, 3.05) is 11.4 Å². The van der Waals surface area contributed by atoms with Crippen LogP contribution in [0.1, 0.15) is 37.5 Å². The van der Waals surface area contributed by atoms with Crippen molar-refractivity contribution >= 4 is 50.1 Å². The van der Waals surface area contributed by atoms with Gasteiger partial charge in [-0.2, -0.15) is 0 Å². The molecule has 0 amide bonds. The van der Waals surface area contributed by atoms with Gasteiger partial charge in [0.1, 0.15) is 17.4 Å². The Bertz CT molecular complexity index is 1510. The molecule has 2 aromatic carbocycles. The monoisotopic (exact) mass is 524 g/mol. The number of hydrogen-bond donors (Lipinski definition) is 2. The highest BCUT2D eigenvalue weighted by Gasteiger charge is 2.56. The molecule has 2 aliphatic heterocycles. The number of aliphatic hydroxyl groups excluding tert-OH is 1. The van der Waals surface area contributed by atoms with Crippen LogP contribution < -0.4 is 9.64 Å². The predicted octanol–water partition coefficient (Wildman–Crippen LogP) is 4.81. The fourth-order valence-corrected chi connectivity index (χ4v) is 6.42. The van der Waals surface area contributed by atoms with E-state index in [2.05, 4.69) is 22.9 Å². The molecule has 2 N–H and O–H groups in total. The molecule has 0 saturated carbocycles. The van der Waals surface area contributed by atoms with Gasteiger partial charge >= 0.3 is 17.9 Å². The minimum absolute atomic E-state index is 0.213. The molecule has 2 saturated heterocycles. The number of hydrogen-bond acceptors (Lipinski definition) is 8. The first-order valence-corrected chi connectivity index (χ1v) is 12.9. The maximum absolute atomic E-state index is 13.6. The first-order chi connectivity index (χ1) is 17.7. The van der Waals surface area contributed by atoms with Crippen LogP contribution in [0.4, 0.5) is 10.2 Å². The van der Waals surface area contributed by atoms with E-state index in [1.54, 1.807) is 29.5 Å². The zero-order valence-electron chi connectivity index (χ0n) is 20.2. The number of cyclic esters (lactones) is 2. The van der Waals surface area contributed by atoms with Crippen molar-refractivity contribution in [3.63, 3.8) is 0 Å². The number of aromatic nitrogens is 1. The molecule has 4 heterocycles. The first kappa shape index (κ1) is 23.7. The SMILES string of the molecule is C[C@@H]1C[C@@H](c2cc3ccc(F)cc3s2)CCN1c1cc2c(OC3([C@H](C)O)OC(=O)C(=O)O3)cccc2[nH]1. The van der Waals surface area contributed by atoms with Gasteiger partial charge in [-0.3, -0.25) is 0 Å². The van der Waals surface area contributed by atoms with Gasteiger partial charge in [0, 0.05) is 27.5 Å². The average molecular weight is 525 g/mol. The van der Waals surface area contributed by atoms with Crippen molar-refractivity contribution in [2.45, 2.75) is 50.7 Å². The van der Waals surface area contributed by atoms with Crippen LogP contribution in [0.5, 0.6) is 5.75 Å². The van der Waals surface area contributed by atoms with Crippen LogP contribution in [-0.2, 0) is 19.1 Å². The summed E-state index contributed by atoms with van der Waals surface area (Å²) >= 11 is 1.67. The number of esters is 2. The summed E-state index contributed by atoms with van der Waals surface area (Å²) in [6, 6.07) is 14.6. The summed E-state index contributed by atoms with van der Waals surface area (Å²) in [6.07, 6.45) is 0.488. The number of nitrogens with zero attached hydrogens (tertiary/aromatic N) is 1. The van der Waals surface area contributed by atoms with E-state index in [4.69, 9.17) is 14.2 Å². The number of anilines is 1. The maximum atomic E-state index is 13.6. The number of piperidine rings is 1. The number of H-pyrrole nitrogens is 1. The molecular formula is C27H25FN2O6S. The van der Waals surface area contributed by atoms with E-state index in [1.165, 1.54) is 17.9 Å². The van der Waals surface area contributed by atoms with E-state index >= 15 is 0 Å². The lowest BCUT2D eigenvalue weighted by molar-refractivity contribution is -0.313. The van der Waals surface area contributed by atoms with Crippen LogP contribution in [0.2, 0.25) is 0 Å². The lowest BCUT2D eigenvalue weighted by Crippen LogP contribution is -2.47. The topological polar surface area (TPSA) is 101 Å². The minimum atomic E-state index is -2.24. The number of fused-ring (bicyclic) bond motifs is 2. The molecular weight excluding hydrogens is 499 g/mol. The Morgan fingerprint density at radius 2 is 1.97 bits per heavy atom. The zero-order valence-corrected chi connectivity index (χ0v) is 21.0. The Hall–Kier alpha value is -3.63. The van der Waals surface area contributed by atoms with Crippen molar-refractivity contribution in [1.82, 2.24) is 4.98 Å². The van der Waals surface area contributed by atoms with E-state index in [1.807, 2.05) is 18.2 Å². The second-order valence-corrected chi connectivity index (χ2v) is 10.7. The molecule has 2 fully saturated rings. The van der Waals surface area contributed by atoms with Crippen LogP contribution in [0.15, 0.2) is 48.5 Å². The fourth-order valence-electron chi connectivity index (χ4n) is 5.18. The van der Waals surface area contributed by atoms with Gasteiger partial charge in [0.15, 0.2) is 6.10 Å². The number of nitrogens with one attached hydrogen (secondary N) is 1. The molecule has 6 rings (SSSR count). The van der Waals surface area contributed by atoms with E-state index in [-0.39, 0.29) is 11.9 Å². The average Bonchev–Trinajstić information content (AvgIpc) is 3.55. The van der Waals surface area contributed by atoms with Crippen LogP contribution in [-0.4, -0.2) is 46.7 Å². The molecule has 0 unspecified atom stereocenters. The number of halogens is 1. The third-order valence-electron chi connectivity index (χ3n) is 7.10. The highest BCUT2D eigenvalue weighted by molar-refractivity contribution is 7.19. The maximum Gasteiger partial charge on any atom is 0.449 e. The molecule has 192 valence electrons. The normalized spacial score (nSPS) is 22.3. The van der Waals surface area contributed by atoms with Crippen molar-refractivity contribution in [1.29, 1.82) is 0 Å². The molecule has 4 aromatic rings. The lowest BCUT2D eigenvalue weighted by Gasteiger charge is -2.38. The summed E-state index contributed by atoms with van der Waals surface area (Å²) in [4.78, 5) is 30.4. The molecule has 10 heteroatoms. The number of ether oxygens (including phenoxy) is 3. The summed E-state index contributed by atoms with van der Waals surface area (Å²) in [5, 5.41) is 11.9. The molecule has 8 nitrogen and oxygen atoms in total. The lowest BCUT2D eigenvalue weighted by atomic mass is 9.90.